The summed E-state index contributed by atoms with van der Waals surface area (Å²) in [7, 11) is 1.56. The van der Waals surface area contributed by atoms with E-state index in [-0.39, 0.29) is 0 Å². The lowest BCUT2D eigenvalue weighted by molar-refractivity contribution is 0.408. The van der Waals surface area contributed by atoms with Crippen LogP contribution in [0.3, 0.4) is 0 Å². The SMILES string of the molecule is COc1ccc(N)c(Oc2ccc(C#N)cn2)c1. The quantitative estimate of drug-likeness (QED) is 0.834. The number of pyridine rings is 1. The van der Waals surface area contributed by atoms with Crippen molar-refractivity contribution in [3.63, 3.8) is 0 Å². The number of nitrogens with two attached hydrogens (primary N) is 1. The zero-order valence-electron chi connectivity index (χ0n) is 9.75. The molecule has 2 N–H and O–H groups in total. The number of hydrogen-bond donors (Lipinski definition) is 1. The highest BCUT2D eigenvalue weighted by atomic mass is 16.5. The van der Waals surface area contributed by atoms with E-state index in [0.29, 0.717) is 28.6 Å². The van der Waals surface area contributed by atoms with E-state index in [9.17, 15) is 0 Å². The molecule has 5 nitrogen and oxygen atoms in total. The molecule has 0 unspecified atom stereocenters. The molecule has 0 atom stereocenters. The predicted octanol–water partition coefficient (Wildman–Crippen LogP) is 2.34. The van der Waals surface area contributed by atoms with Gasteiger partial charge in [-0.05, 0) is 18.2 Å². The molecule has 2 rings (SSSR count). The highest BCUT2D eigenvalue weighted by Gasteiger charge is 2.05. The van der Waals surface area contributed by atoms with E-state index >= 15 is 0 Å². The standard InChI is InChI=1S/C13H11N3O2/c1-17-10-3-4-11(15)12(6-10)18-13-5-2-9(7-14)8-16-13/h2-6,8H,15H2,1H3. The Labute approximate surface area is 104 Å². The van der Waals surface area contributed by atoms with Crippen molar-refractivity contribution < 1.29 is 9.47 Å². The summed E-state index contributed by atoms with van der Waals surface area (Å²) in [6.07, 6.45) is 1.44. The van der Waals surface area contributed by atoms with E-state index in [0.717, 1.165) is 0 Å². The smallest absolute Gasteiger partial charge is 0.219 e. The summed E-state index contributed by atoms with van der Waals surface area (Å²) >= 11 is 0. The van der Waals surface area contributed by atoms with Crippen molar-refractivity contribution in [3.05, 3.63) is 42.1 Å². The lowest BCUT2D eigenvalue weighted by atomic mass is 10.3. The predicted molar refractivity (Wildman–Crippen MR) is 66.4 cm³/mol. The molecule has 1 aromatic carbocycles. The number of nitrogen functional groups attached to an aromatic ring is 1. The lowest BCUT2D eigenvalue weighted by Crippen LogP contribution is -1.94. The van der Waals surface area contributed by atoms with E-state index < -0.39 is 0 Å². The molecule has 0 saturated carbocycles. The monoisotopic (exact) mass is 241 g/mol. The molecule has 0 saturated heterocycles. The first-order chi connectivity index (χ1) is 8.72. The Hall–Kier alpha value is -2.74. The van der Waals surface area contributed by atoms with Gasteiger partial charge in [0.25, 0.3) is 0 Å². The van der Waals surface area contributed by atoms with Gasteiger partial charge in [0.1, 0.15) is 11.8 Å². The average molecular weight is 241 g/mol. The maximum atomic E-state index is 8.66. The van der Waals surface area contributed by atoms with E-state index in [1.807, 2.05) is 6.07 Å². The van der Waals surface area contributed by atoms with Gasteiger partial charge in [-0.2, -0.15) is 5.26 Å². The van der Waals surface area contributed by atoms with Crippen molar-refractivity contribution in [2.45, 2.75) is 0 Å². The maximum Gasteiger partial charge on any atom is 0.219 e. The Bertz CT molecular complexity index is 588. The number of hydrogen-bond acceptors (Lipinski definition) is 5. The minimum absolute atomic E-state index is 0.369. The molecule has 2 aromatic rings. The molecule has 0 amide bonds. The minimum atomic E-state index is 0.369. The molecular formula is C13H11N3O2. The van der Waals surface area contributed by atoms with Crippen LogP contribution < -0.4 is 15.2 Å². The van der Waals surface area contributed by atoms with Crippen LogP contribution in [0.2, 0.25) is 0 Å². The summed E-state index contributed by atoms with van der Waals surface area (Å²) in [5.41, 5.74) is 6.75. The molecular weight excluding hydrogens is 230 g/mol. The van der Waals surface area contributed by atoms with Gasteiger partial charge in [0.05, 0.1) is 18.4 Å². The van der Waals surface area contributed by atoms with Gasteiger partial charge in [-0.1, -0.05) is 0 Å². The Balaban J connectivity index is 2.25. The van der Waals surface area contributed by atoms with E-state index in [4.69, 9.17) is 20.5 Å². The van der Waals surface area contributed by atoms with Crippen LogP contribution in [0.5, 0.6) is 17.4 Å². The van der Waals surface area contributed by atoms with Crippen LogP contribution in [0.4, 0.5) is 5.69 Å². The highest BCUT2D eigenvalue weighted by molar-refractivity contribution is 5.56. The summed E-state index contributed by atoms with van der Waals surface area (Å²) in [6, 6.07) is 10.3. The third-order valence-corrected chi connectivity index (χ3v) is 2.30. The fraction of sp³-hybridized carbons (Fsp3) is 0.0769. The van der Waals surface area contributed by atoms with Crippen molar-refractivity contribution in [3.8, 4) is 23.4 Å². The fourth-order valence-electron chi connectivity index (χ4n) is 1.35. The van der Waals surface area contributed by atoms with Gasteiger partial charge in [-0.15, -0.1) is 0 Å². The zero-order chi connectivity index (χ0) is 13.0. The van der Waals surface area contributed by atoms with E-state index in [1.54, 1.807) is 37.4 Å². The average Bonchev–Trinajstić information content (AvgIpc) is 2.42. The van der Waals surface area contributed by atoms with Crippen LogP contribution in [0, 0.1) is 11.3 Å². The Morgan fingerprint density at radius 3 is 2.72 bits per heavy atom. The molecule has 0 aliphatic rings. The Kier molecular flexibility index (Phi) is 3.30. The number of nitriles is 1. The molecule has 1 heterocycles. The van der Waals surface area contributed by atoms with Gasteiger partial charge >= 0.3 is 0 Å². The molecule has 0 aliphatic heterocycles. The van der Waals surface area contributed by atoms with Crippen LogP contribution in [0.25, 0.3) is 0 Å². The molecule has 0 radical (unpaired) electrons. The molecule has 0 aliphatic carbocycles. The summed E-state index contributed by atoms with van der Waals surface area (Å²) in [4.78, 5) is 4.00. The van der Waals surface area contributed by atoms with Crippen molar-refractivity contribution in [1.82, 2.24) is 4.98 Å². The summed E-state index contributed by atoms with van der Waals surface area (Å²) < 4.78 is 10.6. The van der Waals surface area contributed by atoms with Crippen LogP contribution in [-0.4, -0.2) is 12.1 Å². The van der Waals surface area contributed by atoms with Gasteiger partial charge in [-0.3, -0.25) is 0 Å². The van der Waals surface area contributed by atoms with E-state index in [2.05, 4.69) is 4.98 Å². The van der Waals surface area contributed by atoms with Crippen LogP contribution in [0.15, 0.2) is 36.5 Å². The second-order valence-corrected chi connectivity index (χ2v) is 3.50. The maximum absolute atomic E-state index is 8.66. The zero-order valence-corrected chi connectivity index (χ0v) is 9.75. The van der Waals surface area contributed by atoms with Crippen LogP contribution >= 0.6 is 0 Å². The third-order valence-electron chi connectivity index (χ3n) is 2.30. The number of ether oxygens (including phenoxy) is 2. The van der Waals surface area contributed by atoms with Gasteiger partial charge in [0.2, 0.25) is 5.88 Å². The summed E-state index contributed by atoms with van der Waals surface area (Å²) in [6.45, 7) is 0. The van der Waals surface area contributed by atoms with Crippen molar-refractivity contribution in [2.75, 3.05) is 12.8 Å². The van der Waals surface area contributed by atoms with Crippen LogP contribution in [-0.2, 0) is 0 Å². The van der Waals surface area contributed by atoms with Crippen LogP contribution in [0.1, 0.15) is 5.56 Å². The molecule has 5 heteroatoms. The first-order valence-electron chi connectivity index (χ1n) is 5.20. The molecule has 0 bridgehead atoms. The number of benzene rings is 1. The topological polar surface area (TPSA) is 81.2 Å². The largest absolute Gasteiger partial charge is 0.497 e. The molecule has 1 aromatic heterocycles. The molecule has 0 fully saturated rings. The molecule has 0 spiro atoms. The second-order valence-electron chi connectivity index (χ2n) is 3.50. The van der Waals surface area contributed by atoms with E-state index in [1.165, 1.54) is 6.20 Å². The Morgan fingerprint density at radius 1 is 1.28 bits per heavy atom. The summed E-state index contributed by atoms with van der Waals surface area (Å²) in [5.74, 6) is 1.48. The fourth-order valence-corrected chi connectivity index (χ4v) is 1.35. The normalized spacial score (nSPS) is 9.56. The number of nitrogens with zero attached hydrogens (tertiary/aromatic N) is 2. The molecule has 90 valence electrons. The highest BCUT2D eigenvalue weighted by Crippen LogP contribution is 2.30. The third kappa shape index (κ3) is 2.50. The van der Waals surface area contributed by atoms with Gasteiger partial charge in [0, 0.05) is 18.3 Å². The number of aromatic nitrogens is 1. The van der Waals surface area contributed by atoms with Crippen molar-refractivity contribution in [1.29, 1.82) is 5.26 Å². The van der Waals surface area contributed by atoms with Gasteiger partial charge in [-0.25, -0.2) is 4.98 Å². The number of methoxy groups -OCH3 is 1. The Morgan fingerprint density at radius 2 is 2.11 bits per heavy atom. The number of anilines is 1. The van der Waals surface area contributed by atoms with Crippen molar-refractivity contribution in [2.24, 2.45) is 0 Å². The number of rotatable bonds is 3. The van der Waals surface area contributed by atoms with Gasteiger partial charge in [0.15, 0.2) is 5.75 Å². The lowest BCUT2D eigenvalue weighted by Gasteiger charge is -2.09. The first kappa shape index (κ1) is 11.7. The second kappa shape index (κ2) is 5.06. The first-order valence-corrected chi connectivity index (χ1v) is 5.20. The van der Waals surface area contributed by atoms with Crippen molar-refractivity contribution >= 4 is 5.69 Å². The van der Waals surface area contributed by atoms with Gasteiger partial charge < -0.3 is 15.2 Å². The molecule has 18 heavy (non-hydrogen) atoms. The summed E-state index contributed by atoms with van der Waals surface area (Å²) in [5, 5.41) is 8.66. The minimum Gasteiger partial charge on any atom is -0.497 e.